The minimum Gasteiger partial charge on any atom is -0.337 e. The van der Waals surface area contributed by atoms with E-state index in [0.29, 0.717) is 18.8 Å². The van der Waals surface area contributed by atoms with E-state index < -0.39 is 18.1 Å². The fourth-order valence-corrected chi connectivity index (χ4v) is 4.27. The summed E-state index contributed by atoms with van der Waals surface area (Å²) in [5.41, 5.74) is 1.73. The number of aromatic nitrogens is 5. The maximum atomic E-state index is 14.6. The third-order valence-corrected chi connectivity index (χ3v) is 5.84. The van der Waals surface area contributed by atoms with Gasteiger partial charge in [-0.1, -0.05) is 30.3 Å². The molecule has 0 saturated heterocycles. The molecule has 2 aliphatic heterocycles. The van der Waals surface area contributed by atoms with Crippen LogP contribution in [0.15, 0.2) is 36.4 Å². The lowest BCUT2D eigenvalue weighted by Gasteiger charge is -2.20. The fraction of sp³-hybridized carbons (Fsp3) is 0.381. The molecule has 1 N–H and O–H groups in total. The van der Waals surface area contributed by atoms with E-state index in [1.54, 1.807) is 11.7 Å². The van der Waals surface area contributed by atoms with Crippen molar-refractivity contribution in [3.63, 3.8) is 0 Å². The van der Waals surface area contributed by atoms with Crippen molar-refractivity contribution < 1.29 is 14.0 Å². The van der Waals surface area contributed by atoms with Gasteiger partial charge in [0.05, 0.1) is 11.7 Å². The van der Waals surface area contributed by atoms with Gasteiger partial charge in [-0.2, -0.15) is 5.10 Å². The Labute approximate surface area is 177 Å². The zero-order chi connectivity index (χ0) is 21.7. The third kappa shape index (κ3) is 3.28. The van der Waals surface area contributed by atoms with Gasteiger partial charge in [0.15, 0.2) is 12.0 Å². The van der Waals surface area contributed by atoms with Crippen molar-refractivity contribution in [3.8, 4) is 0 Å². The normalized spacial score (nSPS) is 22.7. The quantitative estimate of drug-likeness (QED) is 0.694. The molecule has 3 unspecified atom stereocenters. The van der Waals surface area contributed by atoms with Crippen LogP contribution in [-0.2, 0) is 11.3 Å². The number of hydrogen-bond donors (Lipinski definition) is 1. The van der Waals surface area contributed by atoms with Crippen molar-refractivity contribution in [2.24, 2.45) is 0 Å². The SMILES string of the molecule is Cc1cc2n(n1)CCC(NC(=O)c1nc3n(n1)C(c1ccccc1)CC3F)C(=O)N2C. The number of halogens is 1. The molecule has 0 fully saturated rings. The molecule has 3 atom stereocenters. The number of benzene rings is 1. The van der Waals surface area contributed by atoms with Crippen molar-refractivity contribution in [2.45, 2.75) is 44.6 Å². The van der Waals surface area contributed by atoms with Gasteiger partial charge in [-0.3, -0.25) is 14.5 Å². The predicted molar refractivity (Wildman–Crippen MR) is 109 cm³/mol. The average molecular weight is 423 g/mol. The lowest BCUT2D eigenvalue weighted by Crippen LogP contribution is -2.47. The molecule has 0 bridgehead atoms. The molecular formula is C21H22FN7O2. The standard InChI is InChI=1S/C21H22FN7O2/c1-12-10-17-27(2)21(31)15(8-9-28(17)25-12)23-20(30)18-24-19-14(22)11-16(29(19)26-18)13-6-4-3-5-7-13/h3-7,10,14-16H,8-9,11H2,1-2H3,(H,23,30). The van der Waals surface area contributed by atoms with Crippen LogP contribution in [0, 0.1) is 6.92 Å². The molecule has 0 saturated carbocycles. The highest BCUT2D eigenvalue weighted by Gasteiger charge is 2.37. The third-order valence-electron chi connectivity index (χ3n) is 5.84. The predicted octanol–water partition coefficient (Wildman–Crippen LogP) is 1.95. The fourth-order valence-electron chi connectivity index (χ4n) is 4.27. The monoisotopic (exact) mass is 423 g/mol. The van der Waals surface area contributed by atoms with Crippen LogP contribution in [0.2, 0.25) is 0 Å². The molecular weight excluding hydrogens is 401 g/mol. The summed E-state index contributed by atoms with van der Waals surface area (Å²) in [6.07, 6.45) is -0.683. The number of aryl methyl sites for hydroxylation is 2. The van der Waals surface area contributed by atoms with E-state index in [0.717, 1.165) is 11.3 Å². The molecule has 4 heterocycles. The zero-order valence-corrected chi connectivity index (χ0v) is 17.2. The Hall–Kier alpha value is -3.56. The molecule has 10 heteroatoms. The van der Waals surface area contributed by atoms with Crippen molar-refractivity contribution in [3.05, 3.63) is 59.3 Å². The maximum Gasteiger partial charge on any atom is 0.291 e. The molecule has 2 amide bonds. The summed E-state index contributed by atoms with van der Waals surface area (Å²) in [5, 5.41) is 11.4. The van der Waals surface area contributed by atoms with E-state index in [1.807, 2.05) is 43.3 Å². The summed E-state index contributed by atoms with van der Waals surface area (Å²) in [6, 6.07) is 10.2. The summed E-state index contributed by atoms with van der Waals surface area (Å²) in [7, 11) is 1.65. The Kier molecular flexibility index (Phi) is 4.57. The number of likely N-dealkylation sites (N-methyl/N-ethyl adjacent to an activating group) is 1. The average Bonchev–Trinajstić information content (AvgIpc) is 3.43. The first-order valence-electron chi connectivity index (χ1n) is 10.2. The van der Waals surface area contributed by atoms with E-state index in [9.17, 15) is 14.0 Å². The molecule has 9 nitrogen and oxygen atoms in total. The molecule has 2 aromatic heterocycles. The van der Waals surface area contributed by atoms with Crippen LogP contribution in [0.1, 0.15) is 52.8 Å². The summed E-state index contributed by atoms with van der Waals surface area (Å²) in [6.45, 7) is 2.35. The summed E-state index contributed by atoms with van der Waals surface area (Å²) >= 11 is 0. The lowest BCUT2D eigenvalue weighted by atomic mass is 10.0. The minimum absolute atomic E-state index is 0.133. The highest BCUT2D eigenvalue weighted by Crippen LogP contribution is 2.39. The molecule has 5 rings (SSSR count). The summed E-state index contributed by atoms with van der Waals surface area (Å²) in [5.74, 6) is -0.150. The lowest BCUT2D eigenvalue weighted by molar-refractivity contribution is -0.120. The van der Waals surface area contributed by atoms with Gasteiger partial charge in [0.25, 0.3) is 11.8 Å². The van der Waals surface area contributed by atoms with Crippen LogP contribution in [0.5, 0.6) is 0 Å². The van der Waals surface area contributed by atoms with Gasteiger partial charge in [-0.25, -0.2) is 18.7 Å². The molecule has 0 radical (unpaired) electrons. The van der Waals surface area contributed by atoms with Gasteiger partial charge in [-0.15, -0.1) is 5.10 Å². The highest BCUT2D eigenvalue weighted by atomic mass is 19.1. The Balaban J connectivity index is 1.36. The number of nitrogens with one attached hydrogen (secondary N) is 1. The van der Waals surface area contributed by atoms with Crippen LogP contribution < -0.4 is 10.2 Å². The minimum atomic E-state index is -1.30. The Morgan fingerprint density at radius 1 is 1.23 bits per heavy atom. The van der Waals surface area contributed by atoms with Gasteiger partial charge in [0.1, 0.15) is 11.9 Å². The molecule has 0 spiro atoms. The second kappa shape index (κ2) is 7.29. The van der Waals surface area contributed by atoms with Gasteiger partial charge in [0.2, 0.25) is 5.82 Å². The summed E-state index contributed by atoms with van der Waals surface area (Å²) < 4.78 is 17.8. The number of carbonyl (C=O) groups is 2. The first kappa shape index (κ1) is 19.4. The van der Waals surface area contributed by atoms with Crippen molar-refractivity contribution in [1.82, 2.24) is 29.9 Å². The van der Waals surface area contributed by atoms with Crippen molar-refractivity contribution in [1.29, 1.82) is 0 Å². The van der Waals surface area contributed by atoms with E-state index in [1.165, 1.54) is 9.58 Å². The largest absolute Gasteiger partial charge is 0.337 e. The number of amides is 2. The van der Waals surface area contributed by atoms with Gasteiger partial charge in [0, 0.05) is 26.1 Å². The Bertz CT molecular complexity index is 1160. The van der Waals surface area contributed by atoms with Crippen LogP contribution in [0.25, 0.3) is 0 Å². The van der Waals surface area contributed by atoms with Crippen LogP contribution in [0.3, 0.4) is 0 Å². The number of nitrogens with zero attached hydrogens (tertiary/aromatic N) is 6. The van der Waals surface area contributed by atoms with Gasteiger partial charge < -0.3 is 5.32 Å². The van der Waals surface area contributed by atoms with Crippen LogP contribution in [-0.4, -0.2) is 49.4 Å². The molecule has 3 aromatic rings. The Morgan fingerprint density at radius 2 is 2.00 bits per heavy atom. The number of fused-ring (bicyclic) bond motifs is 2. The zero-order valence-electron chi connectivity index (χ0n) is 17.2. The summed E-state index contributed by atoms with van der Waals surface area (Å²) in [4.78, 5) is 31.3. The first-order valence-corrected chi connectivity index (χ1v) is 10.2. The van der Waals surface area contributed by atoms with E-state index in [4.69, 9.17) is 0 Å². The van der Waals surface area contributed by atoms with Crippen molar-refractivity contribution >= 4 is 17.6 Å². The van der Waals surface area contributed by atoms with E-state index in [-0.39, 0.29) is 30.0 Å². The molecule has 31 heavy (non-hydrogen) atoms. The second-order valence-corrected chi connectivity index (χ2v) is 7.95. The molecule has 0 aliphatic carbocycles. The number of rotatable bonds is 3. The van der Waals surface area contributed by atoms with Crippen LogP contribution in [0.4, 0.5) is 10.2 Å². The van der Waals surface area contributed by atoms with E-state index >= 15 is 0 Å². The molecule has 160 valence electrons. The number of anilines is 1. The smallest absolute Gasteiger partial charge is 0.291 e. The van der Waals surface area contributed by atoms with Crippen LogP contribution >= 0.6 is 0 Å². The molecule has 2 aliphatic rings. The van der Waals surface area contributed by atoms with Gasteiger partial charge >= 0.3 is 0 Å². The Morgan fingerprint density at radius 3 is 2.77 bits per heavy atom. The number of carbonyl (C=O) groups excluding carboxylic acids is 2. The first-order chi connectivity index (χ1) is 14.9. The van der Waals surface area contributed by atoms with Gasteiger partial charge in [-0.05, 0) is 18.9 Å². The van der Waals surface area contributed by atoms with E-state index in [2.05, 4.69) is 20.5 Å². The highest BCUT2D eigenvalue weighted by molar-refractivity contribution is 6.00. The van der Waals surface area contributed by atoms with Crippen molar-refractivity contribution in [2.75, 3.05) is 11.9 Å². The number of hydrogen-bond acceptors (Lipinski definition) is 5. The molecule has 1 aromatic carbocycles. The topological polar surface area (TPSA) is 97.9 Å². The second-order valence-electron chi connectivity index (χ2n) is 7.95. The number of alkyl halides is 1. The maximum absolute atomic E-state index is 14.6.